The Morgan fingerprint density at radius 3 is 2.82 bits per heavy atom. The highest BCUT2D eigenvalue weighted by Gasteiger charge is 2.31. The number of halogens is 4. The standard InChI is InChI=1S/C17H14ClF3N4O2S/c18-12-6-10(17(19,20)21)8-24-15(12)23-4-3-22-14(26)7-11-9-28-16(25-11)13-2-1-5-27-13/h1-2,5-6,8-9H,3-4,7H2,(H,22,26)(H,23,24). The number of rotatable bonds is 7. The van der Waals surface area contributed by atoms with Gasteiger partial charge in [-0.25, -0.2) is 9.97 Å². The zero-order chi connectivity index (χ0) is 20.1. The molecule has 0 saturated heterocycles. The molecule has 0 saturated carbocycles. The van der Waals surface area contributed by atoms with Gasteiger partial charge in [-0.1, -0.05) is 11.6 Å². The molecule has 0 bridgehead atoms. The minimum Gasteiger partial charge on any atom is -0.462 e. The van der Waals surface area contributed by atoms with Crippen LogP contribution in [0, 0.1) is 0 Å². The minimum absolute atomic E-state index is 0.108. The number of hydrogen-bond acceptors (Lipinski definition) is 6. The predicted molar refractivity (Wildman–Crippen MR) is 99.3 cm³/mol. The molecular weight excluding hydrogens is 417 g/mol. The van der Waals surface area contributed by atoms with Gasteiger partial charge in [-0.15, -0.1) is 11.3 Å². The van der Waals surface area contributed by atoms with E-state index in [2.05, 4.69) is 20.6 Å². The average Bonchev–Trinajstić information content (AvgIpc) is 3.30. The van der Waals surface area contributed by atoms with Crippen LogP contribution in [0.15, 0.2) is 40.5 Å². The van der Waals surface area contributed by atoms with E-state index in [0.29, 0.717) is 22.7 Å². The second-order valence-corrected chi connectivity index (χ2v) is 6.89. The first kappa shape index (κ1) is 20.2. The van der Waals surface area contributed by atoms with E-state index >= 15 is 0 Å². The van der Waals surface area contributed by atoms with Crippen molar-refractivity contribution in [3.8, 4) is 10.8 Å². The van der Waals surface area contributed by atoms with Crippen LogP contribution in [0.2, 0.25) is 5.02 Å². The zero-order valence-electron chi connectivity index (χ0n) is 14.2. The van der Waals surface area contributed by atoms with Crippen LogP contribution in [0.1, 0.15) is 11.3 Å². The number of aromatic nitrogens is 2. The molecule has 1 amide bonds. The number of carbonyl (C=O) groups is 1. The SMILES string of the molecule is O=C(Cc1csc(-c2ccco2)n1)NCCNc1ncc(C(F)(F)F)cc1Cl. The van der Waals surface area contributed by atoms with Crippen molar-refractivity contribution in [2.45, 2.75) is 12.6 Å². The Morgan fingerprint density at radius 1 is 1.32 bits per heavy atom. The minimum atomic E-state index is -4.50. The monoisotopic (exact) mass is 430 g/mol. The van der Waals surface area contributed by atoms with E-state index in [0.717, 1.165) is 6.07 Å². The number of amides is 1. The van der Waals surface area contributed by atoms with Crippen molar-refractivity contribution in [1.29, 1.82) is 0 Å². The van der Waals surface area contributed by atoms with Crippen molar-refractivity contribution in [3.63, 3.8) is 0 Å². The van der Waals surface area contributed by atoms with Crippen molar-refractivity contribution in [3.05, 3.63) is 52.3 Å². The first-order chi connectivity index (χ1) is 13.3. The van der Waals surface area contributed by atoms with Gasteiger partial charge in [-0.3, -0.25) is 4.79 Å². The van der Waals surface area contributed by atoms with Gasteiger partial charge in [-0.2, -0.15) is 13.2 Å². The highest BCUT2D eigenvalue weighted by Crippen LogP contribution is 2.32. The second kappa shape index (κ2) is 8.61. The Bertz CT molecular complexity index is 944. The molecule has 0 aliphatic rings. The molecule has 3 aromatic heterocycles. The summed E-state index contributed by atoms with van der Waals surface area (Å²) < 4.78 is 43.0. The fourth-order valence-electron chi connectivity index (χ4n) is 2.23. The first-order valence-electron chi connectivity index (χ1n) is 8.04. The van der Waals surface area contributed by atoms with Crippen LogP contribution in [-0.2, 0) is 17.4 Å². The number of anilines is 1. The maximum Gasteiger partial charge on any atom is 0.417 e. The largest absolute Gasteiger partial charge is 0.462 e. The van der Waals surface area contributed by atoms with Crippen molar-refractivity contribution in [2.24, 2.45) is 0 Å². The third kappa shape index (κ3) is 5.23. The van der Waals surface area contributed by atoms with E-state index in [-0.39, 0.29) is 36.3 Å². The summed E-state index contributed by atoms with van der Waals surface area (Å²) in [7, 11) is 0. The number of furan rings is 1. The van der Waals surface area contributed by atoms with Crippen molar-refractivity contribution in [2.75, 3.05) is 18.4 Å². The van der Waals surface area contributed by atoms with E-state index in [1.165, 1.54) is 11.3 Å². The van der Waals surface area contributed by atoms with Crippen LogP contribution in [0.4, 0.5) is 19.0 Å². The van der Waals surface area contributed by atoms with Crippen LogP contribution < -0.4 is 10.6 Å². The van der Waals surface area contributed by atoms with Gasteiger partial charge in [0.25, 0.3) is 0 Å². The van der Waals surface area contributed by atoms with Gasteiger partial charge in [0.1, 0.15) is 5.82 Å². The van der Waals surface area contributed by atoms with Crippen molar-refractivity contribution < 1.29 is 22.4 Å². The van der Waals surface area contributed by atoms with Gasteiger partial charge in [0.2, 0.25) is 5.91 Å². The molecule has 0 unspecified atom stereocenters. The van der Waals surface area contributed by atoms with Gasteiger partial charge < -0.3 is 15.1 Å². The maximum absolute atomic E-state index is 12.6. The predicted octanol–water partition coefficient (Wildman–Crippen LogP) is 4.24. The van der Waals surface area contributed by atoms with Gasteiger partial charge in [0, 0.05) is 24.7 Å². The quantitative estimate of drug-likeness (QED) is 0.548. The van der Waals surface area contributed by atoms with E-state index < -0.39 is 11.7 Å². The summed E-state index contributed by atoms with van der Waals surface area (Å²) in [6.45, 7) is 0.492. The average molecular weight is 431 g/mol. The molecule has 0 spiro atoms. The van der Waals surface area contributed by atoms with Gasteiger partial charge in [-0.05, 0) is 18.2 Å². The Labute approximate surface area is 166 Å². The fraction of sp³-hybridized carbons (Fsp3) is 0.235. The molecule has 3 aromatic rings. The maximum atomic E-state index is 12.6. The summed E-state index contributed by atoms with van der Waals surface area (Å²) >= 11 is 7.18. The lowest BCUT2D eigenvalue weighted by molar-refractivity contribution is -0.137. The Hall–Kier alpha value is -2.59. The van der Waals surface area contributed by atoms with Crippen molar-refractivity contribution >= 4 is 34.7 Å². The molecule has 0 radical (unpaired) electrons. The van der Waals surface area contributed by atoms with Crippen LogP contribution in [0.25, 0.3) is 10.8 Å². The molecule has 2 N–H and O–H groups in total. The lowest BCUT2D eigenvalue weighted by Gasteiger charge is -2.11. The Balaban J connectivity index is 1.43. The highest BCUT2D eigenvalue weighted by atomic mass is 35.5. The first-order valence-corrected chi connectivity index (χ1v) is 9.30. The van der Waals surface area contributed by atoms with Gasteiger partial charge in [0.05, 0.1) is 29.0 Å². The molecule has 3 heterocycles. The number of thiazole rings is 1. The van der Waals surface area contributed by atoms with Gasteiger partial charge in [0.15, 0.2) is 10.8 Å². The third-order valence-corrected chi connectivity index (χ3v) is 4.73. The summed E-state index contributed by atoms with van der Waals surface area (Å²) in [5.41, 5.74) is -0.303. The van der Waals surface area contributed by atoms with Crippen molar-refractivity contribution in [1.82, 2.24) is 15.3 Å². The number of nitrogens with zero attached hydrogens (tertiary/aromatic N) is 2. The topological polar surface area (TPSA) is 80.0 Å². The van der Waals surface area contributed by atoms with E-state index in [9.17, 15) is 18.0 Å². The van der Waals surface area contributed by atoms with E-state index in [1.54, 1.807) is 23.8 Å². The zero-order valence-corrected chi connectivity index (χ0v) is 15.8. The van der Waals surface area contributed by atoms with E-state index in [4.69, 9.17) is 16.0 Å². The van der Waals surface area contributed by atoms with E-state index in [1.807, 2.05) is 0 Å². The number of carbonyl (C=O) groups excluding carboxylic acids is 1. The lowest BCUT2D eigenvalue weighted by Crippen LogP contribution is -2.30. The van der Waals surface area contributed by atoms with Crippen LogP contribution in [0.3, 0.4) is 0 Å². The van der Waals surface area contributed by atoms with Crippen LogP contribution >= 0.6 is 22.9 Å². The molecule has 6 nitrogen and oxygen atoms in total. The molecule has 11 heteroatoms. The summed E-state index contributed by atoms with van der Waals surface area (Å²) in [5.74, 6) is 0.526. The smallest absolute Gasteiger partial charge is 0.417 e. The second-order valence-electron chi connectivity index (χ2n) is 5.63. The van der Waals surface area contributed by atoms with Gasteiger partial charge >= 0.3 is 6.18 Å². The number of alkyl halides is 3. The number of pyridine rings is 1. The third-order valence-electron chi connectivity index (χ3n) is 3.53. The van der Waals surface area contributed by atoms with Crippen LogP contribution in [0.5, 0.6) is 0 Å². The number of nitrogens with one attached hydrogen (secondary N) is 2. The number of hydrogen-bond donors (Lipinski definition) is 2. The molecule has 3 rings (SSSR count). The molecule has 28 heavy (non-hydrogen) atoms. The molecule has 0 aliphatic carbocycles. The normalized spacial score (nSPS) is 11.4. The fourth-order valence-corrected chi connectivity index (χ4v) is 3.25. The summed E-state index contributed by atoms with van der Waals surface area (Å²) in [6, 6.07) is 4.34. The Morgan fingerprint density at radius 2 is 2.14 bits per heavy atom. The summed E-state index contributed by atoms with van der Waals surface area (Å²) in [4.78, 5) is 20.0. The molecule has 0 fully saturated rings. The molecule has 148 valence electrons. The molecular formula is C17H14ClF3N4O2S. The van der Waals surface area contributed by atoms with Crippen LogP contribution in [-0.4, -0.2) is 29.0 Å². The Kier molecular flexibility index (Phi) is 6.20. The molecule has 0 aliphatic heterocycles. The summed E-state index contributed by atoms with van der Waals surface area (Å²) in [5, 5.41) is 7.80. The molecule has 0 aromatic carbocycles. The molecule has 0 atom stereocenters. The summed E-state index contributed by atoms with van der Waals surface area (Å²) in [6.07, 6.45) is -2.15. The lowest BCUT2D eigenvalue weighted by atomic mass is 10.3. The highest BCUT2D eigenvalue weighted by molar-refractivity contribution is 7.13.